The Labute approximate surface area is 328 Å². The van der Waals surface area contributed by atoms with E-state index in [9.17, 15) is 34.2 Å². The van der Waals surface area contributed by atoms with Gasteiger partial charge in [0.2, 0.25) is 5.91 Å². The first-order valence-electron chi connectivity index (χ1n) is 18.5. The highest BCUT2D eigenvalue weighted by molar-refractivity contribution is 6.09. The molecule has 3 aromatic carbocycles. The summed E-state index contributed by atoms with van der Waals surface area (Å²) in [6, 6.07) is 17.7. The van der Waals surface area contributed by atoms with Gasteiger partial charge in [-0.1, -0.05) is 0 Å². The van der Waals surface area contributed by atoms with Crippen LogP contribution in [0.15, 0.2) is 82.0 Å². The Bertz CT molecular complexity index is 2200. The fourth-order valence-corrected chi connectivity index (χ4v) is 5.91. The lowest BCUT2D eigenvalue weighted by molar-refractivity contribution is -0.121. The van der Waals surface area contributed by atoms with Gasteiger partial charge in [-0.25, -0.2) is 4.79 Å². The summed E-state index contributed by atoms with van der Waals surface area (Å²) in [7, 11) is 0. The van der Waals surface area contributed by atoms with Crippen LogP contribution in [0.5, 0.6) is 11.5 Å². The quantitative estimate of drug-likeness (QED) is 0.0258. The average molecular weight is 784 g/mol. The number of nitrogens with two attached hydrogens (primary N) is 1. The summed E-state index contributed by atoms with van der Waals surface area (Å²) in [5.74, 6) is -0.989. The van der Waals surface area contributed by atoms with Crippen LogP contribution in [0.25, 0.3) is 33.4 Å². The van der Waals surface area contributed by atoms with E-state index in [2.05, 4.69) is 10.6 Å². The standard InChI is InChI=1S/C42H45N3O12/c43-36-25-31(9-5-28(36)26-46)56-17-1-4-39(49)44-13-2-15-53-18-20-55-21-19-54-16-3-14-45-41(50)27-6-10-32(42(51)52)35(22-27)40-33-11-7-29(47)23-37(33)57-38-24-30(48)8-12-34(38)40/h5-12,22-26,47H,1-4,13-21,43H2,(H,44,49)(H,45,50)(H,51,52). The van der Waals surface area contributed by atoms with Crippen molar-refractivity contribution in [2.45, 2.75) is 25.7 Å². The van der Waals surface area contributed by atoms with Crippen molar-refractivity contribution in [2.75, 3.05) is 65.1 Å². The maximum absolute atomic E-state index is 13.1. The van der Waals surface area contributed by atoms with Crippen LogP contribution < -0.4 is 26.5 Å². The predicted octanol–water partition coefficient (Wildman–Crippen LogP) is 4.90. The summed E-state index contributed by atoms with van der Waals surface area (Å²) < 4.78 is 28.1. The second kappa shape index (κ2) is 21.1. The van der Waals surface area contributed by atoms with Crippen LogP contribution in [0, 0.1) is 0 Å². The minimum atomic E-state index is -1.20. The molecule has 1 heterocycles. The molecule has 0 bridgehead atoms. The fourth-order valence-electron chi connectivity index (χ4n) is 5.91. The van der Waals surface area contributed by atoms with Crippen molar-refractivity contribution >= 4 is 40.7 Å². The van der Waals surface area contributed by atoms with Gasteiger partial charge in [-0.15, -0.1) is 0 Å². The molecule has 1 aliphatic carbocycles. The molecule has 5 rings (SSSR count). The van der Waals surface area contributed by atoms with Crippen molar-refractivity contribution in [3.63, 3.8) is 0 Å². The molecule has 0 aromatic heterocycles. The summed E-state index contributed by atoms with van der Waals surface area (Å²) in [4.78, 5) is 60.4. The van der Waals surface area contributed by atoms with Crippen LogP contribution in [0.1, 0.15) is 56.8 Å². The number of aldehydes is 1. The number of nitrogens with one attached hydrogen (secondary N) is 2. The number of amides is 2. The number of benzene rings is 4. The van der Waals surface area contributed by atoms with Gasteiger partial charge in [0.05, 0.1) is 38.6 Å². The first-order chi connectivity index (χ1) is 27.6. The van der Waals surface area contributed by atoms with Crippen molar-refractivity contribution in [1.29, 1.82) is 0 Å². The normalized spacial score (nSPS) is 11.1. The third kappa shape index (κ3) is 12.1. The van der Waals surface area contributed by atoms with Gasteiger partial charge in [-0.2, -0.15) is 0 Å². The van der Waals surface area contributed by atoms with Crippen molar-refractivity contribution in [2.24, 2.45) is 0 Å². The number of anilines is 1. The molecule has 0 saturated heterocycles. The Kier molecular flexibility index (Phi) is 15.5. The van der Waals surface area contributed by atoms with Crippen LogP contribution in [0.2, 0.25) is 0 Å². The first-order valence-corrected chi connectivity index (χ1v) is 18.5. The van der Waals surface area contributed by atoms with Crippen LogP contribution in [-0.4, -0.2) is 93.6 Å². The van der Waals surface area contributed by atoms with Gasteiger partial charge in [-0.05, 0) is 79.4 Å². The van der Waals surface area contributed by atoms with Gasteiger partial charge in [0.25, 0.3) is 5.91 Å². The predicted molar refractivity (Wildman–Crippen MR) is 211 cm³/mol. The zero-order chi connectivity index (χ0) is 40.6. The number of carbonyl (C=O) groups is 4. The minimum Gasteiger partial charge on any atom is -0.508 e. The number of carboxylic acid groups (broad SMARTS) is 1. The molecule has 0 unspecified atom stereocenters. The number of phenols is 1. The van der Waals surface area contributed by atoms with E-state index in [0.717, 1.165) is 0 Å². The number of rotatable bonds is 23. The zero-order valence-corrected chi connectivity index (χ0v) is 31.3. The number of aromatic carboxylic acids is 1. The van der Waals surface area contributed by atoms with Gasteiger partial charge in [0, 0.05) is 84.3 Å². The molecule has 0 atom stereocenters. The number of carbonyl (C=O) groups excluding carboxylic acids is 3. The molecule has 1 aliphatic heterocycles. The number of phenolic OH excluding ortho intramolecular Hbond substituents is 1. The number of hydrogen-bond acceptors (Lipinski definition) is 12. The SMILES string of the molecule is Nc1cc(OCCCC(=O)NCCCOCCOCCOCCCNC(=O)c2ccc(C(=O)O)c(-c3c4ccc(=O)cc-4oc4cc(O)ccc34)c2)ccc1C=O. The fraction of sp³-hybridized carbons (Fsp3) is 0.310. The van der Waals surface area contributed by atoms with E-state index < -0.39 is 11.9 Å². The average Bonchev–Trinajstić information content (AvgIpc) is 3.19. The monoisotopic (exact) mass is 783 g/mol. The largest absolute Gasteiger partial charge is 0.508 e. The molecule has 300 valence electrons. The molecule has 15 heteroatoms. The van der Waals surface area contributed by atoms with Crippen LogP contribution in [-0.2, 0) is 19.0 Å². The van der Waals surface area contributed by atoms with Crippen LogP contribution in [0.4, 0.5) is 5.69 Å². The van der Waals surface area contributed by atoms with E-state index in [1.54, 1.807) is 30.3 Å². The van der Waals surface area contributed by atoms with Crippen molar-refractivity contribution in [1.82, 2.24) is 10.6 Å². The Morgan fingerprint density at radius 1 is 0.754 bits per heavy atom. The molecule has 0 fully saturated rings. The zero-order valence-electron chi connectivity index (χ0n) is 31.3. The molecule has 2 amide bonds. The second-order valence-corrected chi connectivity index (χ2v) is 12.9. The first kappa shape index (κ1) is 41.9. The Morgan fingerprint density at radius 2 is 1.47 bits per heavy atom. The lowest BCUT2D eigenvalue weighted by atomic mass is 9.89. The molecule has 6 N–H and O–H groups in total. The maximum Gasteiger partial charge on any atom is 0.336 e. The lowest BCUT2D eigenvalue weighted by Gasteiger charge is -2.17. The molecular weight excluding hydrogens is 738 g/mol. The van der Waals surface area contributed by atoms with E-state index in [4.69, 9.17) is 29.1 Å². The number of ether oxygens (including phenoxy) is 4. The molecule has 0 spiro atoms. The number of hydrogen-bond donors (Lipinski definition) is 5. The minimum absolute atomic E-state index is 0.0495. The van der Waals surface area contributed by atoms with E-state index in [0.29, 0.717) is 125 Å². The second-order valence-electron chi connectivity index (χ2n) is 12.9. The number of nitrogen functional groups attached to an aromatic ring is 1. The van der Waals surface area contributed by atoms with Gasteiger partial charge < -0.3 is 49.9 Å². The number of fused-ring (bicyclic) bond motifs is 2. The highest BCUT2D eigenvalue weighted by Crippen LogP contribution is 2.42. The molecule has 2 aliphatic rings. The Balaban J connectivity index is 0.933. The van der Waals surface area contributed by atoms with Crippen molar-refractivity contribution in [3.8, 4) is 33.9 Å². The molecular formula is C42H45N3O12. The maximum atomic E-state index is 13.1. The van der Waals surface area contributed by atoms with Gasteiger partial charge in [0.15, 0.2) is 11.7 Å². The summed E-state index contributed by atoms with van der Waals surface area (Å²) in [6.07, 6.45) is 2.73. The molecule has 3 aromatic rings. The van der Waals surface area contributed by atoms with Crippen molar-refractivity contribution in [3.05, 3.63) is 99.7 Å². The van der Waals surface area contributed by atoms with Crippen molar-refractivity contribution < 1.29 is 52.8 Å². The van der Waals surface area contributed by atoms with Gasteiger partial charge in [-0.3, -0.25) is 19.2 Å². The van der Waals surface area contributed by atoms with E-state index in [1.807, 2.05) is 0 Å². The van der Waals surface area contributed by atoms with Crippen LogP contribution in [0.3, 0.4) is 0 Å². The van der Waals surface area contributed by atoms with E-state index >= 15 is 0 Å². The third-order valence-electron chi connectivity index (χ3n) is 8.74. The summed E-state index contributed by atoms with van der Waals surface area (Å²) in [6.45, 7) is 3.55. The van der Waals surface area contributed by atoms with Crippen LogP contribution >= 0.6 is 0 Å². The van der Waals surface area contributed by atoms with Gasteiger partial charge in [0.1, 0.15) is 22.8 Å². The smallest absolute Gasteiger partial charge is 0.336 e. The topological polar surface area (TPSA) is 226 Å². The van der Waals surface area contributed by atoms with E-state index in [-0.39, 0.29) is 45.1 Å². The Morgan fingerprint density at radius 3 is 2.18 bits per heavy atom. The highest BCUT2D eigenvalue weighted by Gasteiger charge is 2.23. The Hall–Kier alpha value is -6.29. The number of carboxylic acids is 1. The molecule has 57 heavy (non-hydrogen) atoms. The lowest BCUT2D eigenvalue weighted by Crippen LogP contribution is -2.25. The summed E-state index contributed by atoms with van der Waals surface area (Å²) >= 11 is 0. The molecule has 0 radical (unpaired) electrons. The molecule has 15 nitrogen and oxygen atoms in total. The van der Waals surface area contributed by atoms with Gasteiger partial charge >= 0.3 is 5.97 Å². The summed E-state index contributed by atoms with van der Waals surface area (Å²) in [5.41, 5.74) is 7.82. The van der Waals surface area contributed by atoms with E-state index in [1.165, 1.54) is 42.5 Å². The number of aromatic hydroxyl groups is 1. The highest BCUT2D eigenvalue weighted by atomic mass is 16.5. The molecule has 0 saturated carbocycles. The third-order valence-corrected chi connectivity index (χ3v) is 8.74. The summed E-state index contributed by atoms with van der Waals surface area (Å²) in [5, 5.41) is 26.3.